The van der Waals surface area contributed by atoms with Crippen molar-refractivity contribution in [1.29, 1.82) is 0 Å². The van der Waals surface area contributed by atoms with Crippen LogP contribution >= 0.6 is 0 Å². The van der Waals surface area contributed by atoms with Crippen LogP contribution in [-0.2, 0) is 14.3 Å². The minimum absolute atomic E-state index is 0.0209. The molecule has 0 spiro atoms. The molecule has 36 heavy (non-hydrogen) atoms. The molecule has 0 aromatic heterocycles. The molecule has 5 atom stereocenters. The van der Waals surface area contributed by atoms with Gasteiger partial charge in [0.15, 0.2) is 5.78 Å². The fraction of sp³-hybridized carbons (Fsp3) is 0.310. The van der Waals surface area contributed by atoms with E-state index in [0.717, 1.165) is 5.56 Å². The van der Waals surface area contributed by atoms with Crippen molar-refractivity contribution >= 4 is 17.6 Å². The normalized spacial score (nSPS) is 25.9. The SMILES string of the molecule is COC1=CCC([C@H]2CC(=O)C(C(=O)/C=C/c3ccc(OC)cc3)[C@H](c3ccccc3)[C@H]2[N+](=O)[O-])C=C1. The van der Waals surface area contributed by atoms with Crippen LogP contribution in [0.3, 0.4) is 0 Å². The quantitative estimate of drug-likeness (QED) is 0.225. The Morgan fingerprint density at radius 1 is 1.06 bits per heavy atom. The molecule has 0 N–H and O–H groups in total. The molecule has 1 fully saturated rings. The van der Waals surface area contributed by atoms with Gasteiger partial charge in [0.2, 0.25) is 6.04 Å². The molecule has 0 aliphatic heterocycles. The van der Waals surface area contributed by atoms with E-state index in [9.17, 15) is 19.7 Å². The van der Waals surface area contributed by atoms with Crippen LogP contribution in [0.5, 0.6) is 5.75 Å². The summed E-state index contributed by atoms with van der Waals surface area (Å²) in [5.41, 5.74) is 1.39. The zero-order valence-electron chi connectivity index (χ0n) is 20.3. The third kappa shape index (κ3) is 5.30. The summed E-state index contributed by atoms with van der Waals surface area (Å²) in [7, 11) is 3.14. The highest BCUT2D eigenvalue weighted by Gasteiger charge is 2.55. The first-order chi connectivity index (χ1) is 17.4. The maximum atomic E-state index is 13.5. The number of carbonyl (C=O) groups is 2. The molecule has 0 saturated heterocycles. The number of hydrogen-bond donors (Lipinski definition) is 0. The van der Waals surface area contributed by atoms with Crippen LogP contribution in [0.4, 0.5) is 0 Å². The zero-order chi connectivity index (χ0) is 25.7. The van der Waals surface area contributed by atoms with E-state index in [2.05, 4.69) is 0 Å². The Morgan fingerprint density at radius 3 is 2.36 bits per heavy atom. The highest BCUT2D eigenvalue weighted by atomic mass is 16.6. The minimum atomic E-state index is -1.12. The Hall–Kier alpha value is -4.00. The highest BCUT2D eigenvalue weighted by molar-refractivity contribution is 6.10. The maximum absolute atomic E-state index is 13.5. The monoisotopic (exact) mass is 487 g/mol. The van der Waals surface area contributed by atoms with Gasteiger partial charge in [-0.25, -0.2) is 0 Å². The lowest BCUT2D eigenvalue weighted by Crippen LogP contribution is -2.51. The summed E-state index contributed by atoms with van der Waals surface area (Å²) >= 11 is 0. The molecule has 0 heterocycles. The van der Waals surface area contributed by atoms with E-state index in [-0.39, 0.29) is 23.0 Å². The average molecular weight is 488 g/mol. The molecule has 4 rings (SSSR count). The molecule has 2 aromatic rings. The molecule has 7 nitrogen and oxygen atoms in total. The lowest BCUT2D eigenvalue weighted by Gasteiger charge is -2.39. The van der Waals surface area contributed by atoms with Gasteiger partial charge in [0, 0.05) is 17.3 Å². The van der Waals surface area contributed by atoms with Crippen LogP contribution in [0, 0.1) is 27.9 Å². The Bertz CT molecular complexity index is 1200. The van der Waals surface area contributed by atoms with Crippen molar-refractivity contribution in [2.24, 2.45) is 17.8 Å². The van der Waals surface area contributed by atoms with Crippen molar-refractivity contribution in [3.63, 3.8) is 0 Å². The van der Waals surface area contributed by atoms with Crippen molar-refractivity contribution in [3.8, 4) is 5.75 Å². The van der Waals surface area contributed by atoms with E-state index in [1.807, 2.05) is 18.2 Å². The van der Waals surface area contributed by atoms with Crippen molar-refractivity contribution in [2.45, 2.75) is 24.8 Å². The summed E-state index contributed by atoms with van der Waals surface area (Å²) in [6.07, 6.45) is 9.09. The van der Waals surface area contributed by atoms with Gasteiger partial charge in [-0.1, -0.05) is 54.6 Å². The number of Topliss-reactive ketones (excluding diaryl/α,β-unsaturated/α-hetero) is 1. The topological polar surface area (TPSA) is 95.7 Å². The first-order valence-corrected chi connectivity index (χ1v) is 11.9. The molecule has 7 heteroatoms. The predicted octanol–water partition coefficient (Wildman–Crippen LogP) is 5.02. The standard InChI is InChI=1S/C29H29NO6/c1-35-22-13-8-19(9-14-22)10-17-25(31)28-26(32)18-24(20-11-15-23(36-2)16-12-20)29(30(33)34)27(28)21-6-4-3-5-7-21/h3-11,13-17,20,24,27-29H,12,18H2,1-2H3/b17-10+/t20?,24-,27+,28?,29+/m1/s1. The van der Waals surface area contributed by atoms with Crippen LogP contribution < -0.4 is 4.74 Å². The van der Waals surface area contributed by atoms with Gasteiger partial charge < -0.3 is 9.47 Å². The van der Waals surface area contributed by atoms with E-state index >= 15 is 0 Å². The summed E-state index contributed by atoms with van der Waals surface area (Å²) in [4.78, 5) is 39.1. The third-order valence-corrected chi connectivity index (χ3v) is 7.12. The summed E-state index contributed by atoms with van der Waals surface area (Å²) in [5.74, 6) is -2.00. The molecule has 2 aliphatic rings. The number of nitro groups is 1. The number of allylic oxidation sites excluding steroid dienone is 4. The Kier molecular flexibility index (Phi) is 7.78. The van der Waals surface area contributed by atoms with Gasteiger partial charge in [-0.15, -0.1) is 0 Å². The van der Waals surface area contributed by atoms with E-state index < -0.39 is 29.6 Å². The van der Waals surface area contributed by atoms with E-state index in [0.29, 0.717) is 23.5 Å². The van der Waals surface area contributed by atoms with Crippen LogP contribution in [0.25, 0.3) is 6.08 Å². The number of ether oxygens (including phenoxy) is 2. The highest BCUT2D eigenvalue weighted by Crippen LogP contribution is 2.45. The van der Waals surface area contributed by atoms with Gasteiger partial charge in [0.25, 0.3) is 0 Å². The molecule has 0 bridgehead atoms. The number of nitrogens with zero attached hydrogens (tertiary/aromatic N) is 1. The van der Waals surface area contributed by atoms with Gasteiger partial charge >= 0.3 is 0 Å². The van der Waals surface area contributed by atoms with Crippen molar-refractivity contribution in [1.82, 2.24) is 0 Å². The number of benzene rings is 2. The van der Waals surface area contributed by atoms with Crippen LogP contribution in [-0.4, -0.2) is 36.8 Å². The fourth-order valence-electron chi connectivity index (χ4n) is 5.32. The van der Waals surface area contributed by atoms with Gasteiger partial charge in [-0.3, -0.25) is 19.7 Å². The molecule has 0 amide bonds. The second kappa shape index (κ2) is 11.2. The summed E-state index contributed by atoms with van der Waals surface area (Å²) in [6.45, 7) is 0. The van der Waals surface area contributed by atoms with Gasteiger partial charge in [0.05, 0.1) is 26.1 Å². The molecule has 2 unspecified atom stereocenters. The molecule has 2 aliphatic carbocycles. The Balaban J connectivity index is 1.68. The van der Waals surface area contributed by atoms with E-state index in [1.165, 1.54) is 6.08 Å². The molecular weight excluding hydrogens is 458 g/mol. The molecule has 1 saturated carbocycles. The summed E-state index contributed by atoms with van der Waals surface area (Å²) in [5, 5.41) is 12.5. The van der Waals surface area contributed by atoms with Crippen molar-refractivity contribution in [3.05, 3.63) is 106 Å². The molecule has 2 aromatic carbocycles. The van der Waals surface area contributed by atoms with Gasteiger partial charge in [0.1, 0.15) is 17.3 Å². The number of carbonyl (C=O) groups excluding carboxylic acids is 2. The number of ketones is 2. The van der Waals surface area contributed by atoms with Crippen molar-refractivity contribution < 1.29 is 24.0 Å². The molecule has 0 radical (unpaired) electrons. The van der Waals surface area contributed by atoms with Crippen molar-refractivity contribution in [2.75, 3.05) is 14.2 Å². The lowest BCUT2D eigenvalue weighted by atomic mass is 9.62. The van der Waals surface area contributed by atoms with Gasteiger partial charge in [-0.2, -0.15) is 0 Å². The largest absolute Gasteiger partial charge is 0.497 e. The molecular formula is C29H29NO6. The van der Waals surface area contributed by atoms with E-state index in [1.54, 1.807) is 74.9 Å². The number of methoxy groups -OCH3 is 2. The second-order valence-electron chi connectivity index (χ2n) is 9.10. The Labute approximate surface area is 210 Å². The lowest BCUT2D eigenvalue weighted by molar-refractivity contribution is -0.540. The molecule has 186 valence electrons. The Morgan fingerprint density at radius 2 is 1.78 bits per heavy atom. The van der Waals surface area contributed by atoms with Gasteiger partial charge in [-0.05, 0) is 53.8 Å². The first kappa shape index (κ1) is 25.1. The minimum Gasteiger partial charge on any atom is -0.497 e. The predicted molar refractivity (Wildman–Crippen MR) is 136 cm³/mol. The average Bonchev–Trinajstić information content (AvgIpc) is 2.91. The van der Waals surface area contributed by atoms with Crippen LogP contribution in [0.15, 0.2) is 84.7 Å². The summed E-state index contributed by atoms with van der Waals surface area (Å²) < 4.78 is 10.4. The second-order valence-corrected chi connectivity index (χ2v) is 9.10. The zero-order valence-corrected chi connectivity index (χ0v) is 20.3. The number of hydrogen-bond acceptors (Lipinski definition) is 6. The third-order valence-electron chi connectivity index (χ3n) is 7.12. The summed E-state index contributed by atoms with van der Waals surface area (Å²) in [6, 6.07) is 15.0. The maximum Gasteiger partial charge on any atom is 0.224 e. The fourth-order valence-corrected chi connectivity index (χ4v) is 5.32. The smallest absolute Gasteiger partial charge is 0.224 e. The first-order valence-electron chi connectivity index (χ1n) is 11.9. The number of rotatable bonds is 8. The van der Waals surface area contributed by atoms with Crippen LogP contribution in [0.1, 0.15) is 29.9 Å². The van der Waals surface area contributed by atoms with E-state index in [4.69, 9.17) is 9.47 Å². The van der Waals surface area contributed by atoms with Crippen LogP contribution in [0.2, 0.25) is 0 Å².